The van der Waals surface area contributed by atoms with Crippen molar-refractivity contribution in [3.05, 3.63) is 0 Å². The Bertz CT molecular complexity index is 349. The van der Waals surface area contributed by atoms with Gasteiger partial charge in [-0.1, -0.05) is 0 Å². The average molecular weight is 264 g/mol. The van der Waals surface area contributed by atoms with Gasteiger partial charge in [-0.2, -0.15) is 0 Å². The molecule has 0 unspecified atom stereocenters. The molecular weight excluding hydrogens is 255 g/mol. The van der Waals surface area contributed by atoms with E-state index in [2.05, 4.69) is 4.74 Å². The second-order valence-corrected chi connectivity index (χ2v) is 3.58. The predicted molar refractivity (Wildman–Crippen MR) is 51.6 cm³/mol. The molecule has 0 aliphatic heterocycles. The highest BCUT2D eigenvalue weighted by atomic mass is 31.1. The minimum atomic E-state index is -1.79. The van der Waals surface area contributed by atoms with Crippen molar-refractivity contribution in [2.75, 3.05) is 0 Å². The Balaban J connectivity index is 4.21. The van der Waals surface area contributed by atoms with Gasteiger partial charge in [-0.05, 0) is 0 Å². The minimum Gasteiger partial charge on any atom is -0.481 e. The molecule has 0 aliphatic carbocycles. The lowest BCUT2D eigenvalue weighted by Gasteiger charge is -2.10. The lowest BCUT2D eigenvalue weighted by atomic mass is 10.2. The van der Waals surface area contributed by atoms with Crippen LogP contribution >= 0.6 is 8.46 Å². The van der Waals surface area contributed by atoms with E-state index < -0.39 is 50.8 Å². The Labute approximate surface area is 96.8 Å². The molecule has 1 atom stereocenters. The molecule has 8 nitrogen and oxygen atoms in total. The zero-order valence-electron chi connectivity index (χ0n) is 8.49. The molecule has 0 aliphatic rings. The van der Waals surface area contributed by atoms with E-state index >= 15 is 0 Å². The van der Waals surface area contributed by atoms with Gasteiger partial charge in [0.2, 0.25) is 20.1 Å². The van der Waals surface area contributed by atoms with Crippen molar-refractivity contribution in [2.24, 2.45) is 0 Å². The van der Waals surface area contributed by atoms with Crippen molar-refractivity contribution < 1.29 is 38.7 Å². The summed E-state index contributed by atoms with van der Waals surface area (Å²) >= 11 is 0. The molecule has 0 rings (SSSR count). The molecule has 17 heavy (non-hydrogen) atoms. The van der Waals surface area contributed by atoms with Crippen LogP contribution in [0, 0.1) is 0 Å². The first-order chi connectivity index (χ1) is 7.86. The fourth-order valence-corrected chi connectivity index (χ4v) is 1.01. The zero-order chi connectivity index (χ0) is 13.4. The largest absolute Gasteiger partial charge is 0.481 e. The second kappa shape index (κ2) is 7.45. The van der Waals surface area contributed by atoms with E-state index in [4.69, 9.17) is 10.2 Å². The van der Waals surface area contributed by atoms with E-state index in [0.717, 1.165) is 0 Å². The molecular formula is C8H9O8P. The number of carbonyl (C=O) groups excluding carboxylic acids is 2. The molecule has 0 amide bonds. The smallest absolute Gasteiger partial charge is 0.345 e. The number of rotatable bonds is 8. The van der Waals surface area contributed by atoms with Crippen LogP contribution in [0.15, 0.2) is 0 Å². The van der Waals surface area contributed by atoms with Gasteiger partial charge in [0.05, 0.1) is 12.8 Å². The Hall–Kier alpha value is -1.82. The molecule has 0 saturated carbocycles. The van der Waals surface area contributed by atoms with Crippen molar-refractivity contribution >= 4 is 31.9 Å². The number of carbonyl (C=O) groups is 4. The molecule has 2 N–H and O–H groups in total. The molecule has 0 fully saturated rings. The lowest BCUT2D eigenvalue weighted by Crippen LogP contribution is -2.29. The van der Waals surface area contributed by atoms with Crippen LogP contribution in [0.25, 0.3) is 0 Å². The summed E-state index contributed by atoms with van der Waals surface area (Å²) in [5.74, 6) is -4.05. The highest BCUT2D eigenvalue weighted by molar-refractivity contribution is 7.46. The third-order valence-corrected chi connectivity index (χ3v) is 1.98. The highest BCUT2D eigenvalue weighted by Gasteiger charge is 2.25. The van der Waals surface area contributed by atoms with Gasteiger partial charge < -0.3 is 14.9 Å². The maximum absolute atomic E-state index is 11.0. The van der Waals surface area contributed by atoms with Crippen LogP contribution in [0.2, 0.25) is 0 Å². The number of hydrogen-bond donors (Lipinski definition) is 2. The number of ether oxygens (including phenoxy) is 1. The van der Waals surface area contributed by atoms with E-state index in [-0.39, 0.29) is 6.42 Å². The normalized spacial score (nSPS) is 11.8. The second-order valence-electron chi connectivity index (χ2n) is 2.90. The number of esters is 1. The van der Waals surface area contributed by atoms with Gasteiger partial charge in [0.25, 0.3) is 0 Å². The summed E-state index contributed by atoms with van der Waals surface area (Å²) in [5, 5.41) is 16.9. The van der Waals surface area contributed by atoms with Crippen molar-refractivity contribution in [1.82, 2.24) is 0 Å². The molecule has 0 aromatic carbocycles. The predicted octanol–water partition coefficient (Wildman–Crippen LogP) is 0.0560. The number of carboxylic acids is 2. The van der Waals surface area contributed by atoms with Gasteiger partial charge in [0.15, 0.2) is 0 Å². The Morgan fingerprint density at radius 3 is 2.12 bits per heavy atom. The standard InChI is InChI=1S/C8H9O8P/c9-5(10)3-4(8(13)14)16-6(11)1-2-7(12)17-15/h4H,1-3H2,(H,9,10)(H,13,14)/t4-/m0/s1. The maximum atomic E-state index is 11.0. The molecule has 0 bridgehead atoms. The van der Waals surface area contributed by atoms with E-state index in [1.807, 2.05) is 0 Å². The van der Waals surface area contributed by atoms with Crippen LogP contribution in [-0.2, 0) is 28.5 Å². The van der Waals surface area contributed by atoms with Gasteiger partial charge in [0, 0.05) is 6.42 Å². The molecule has 94 valence electrons. The van der Waals surface area contributed by atoms with Crippen LogP contribution in [0.3, 0.4) is 0 Å². The van der Waals surface area contributed by atoms with E-state index in [1.54, 1.807) is 0 Å². The number of carboxylic acid groups (broad SMARTS) is 2. The summed E-state index contributed by atoms with van der Waals surface area (Å²) < 4.78 is 14.4. The molecule has 0 aromatic rings. The van der Waals surface area contributed by atoms with Crippen molar-refractivity contribution in [2.45, 2.75) is 25.4 Å². The van der Waals surface area contributed by atoms with Gasteiger partial charge in [-0.15, -0.1) is 0 Å². The molecule has 0 aromatic heterocycles. The highest BCUT2D eigenvalue weighted by Crippen LogP contribution is 2.07. The number of hydrogen-bond acceptors (Lipinski definition) is 6. The molecule has 0 saturated heterocycles. The van der Waals surface area contributed by atoms with Crippen LogP contribution in [0.4, 0.5) is 0 Å². The minimum absolute atomic E-state index is 0.358. The quantitative estimate of drug-likeness (QED) is 0.463. The van der Waals surface area contributed by atoms with Crippen molar-refractivity contribution in [1.29, 1.82) is 0 Å². The van der Waals surface area contributed by atoms with E-state index in [9.17, 15) is 23.7 Å². The monoisotopic (exact) mass is 264 g/mol. The zero-order valence-corrected chi connectivity index (χ0v) is 9.38. The first-order valence-corrected chi connectivity index (χ1v) is 5.18. The van der Waals surface area contributed by atoms with Crippen LogP contribution in [0.1, 0.15) is 19.3 Å². The van der Waals surface area contributed by atoms with Crippen LogP contribution in [-0.4, -0.2) is 39.7 Å². The summed E-state index contributed by atoms with van der Waals surface area (Å²) in [4.78, 5) is 42.4. The third kappa shape index (κ3) is 7.13. The van der Waals surface area contributed by atoms with E-state index in [1.165, 1.54) is 0 Å². The average Bonchev–Trinajstić information content (AvgIpc) is 2.24. The van der Waals surface area contributed by atoms with Crippen LogP contribution in [0.5, 0.6) is 0 Å². The fourth-order valence-electron chi connectivity index (χ4n) is 0.810. The first-order valence-electron chi connectivity index (χ1n) is 4.37. The van der Waals surface area contributed by atoms with E-state index in [0.29, 0.717) is 0 Å². The third-order valence-electron chi connectivity index (χ3n) is 1.55. The van der Waals surface area contributed by atoms with Gasteiger partial charge in [0.1, 0.15) is 0 Å². The topological polar surface area (TPSA) is 135 Å². The fraction of sp³-hybridized carbons (Fsp3) is 0.500. The summed E-state index contributed by atoms with van der Waals surface area (Å²) in [6, 6.07) is 0. The Morgan fingerprint density at radius 1 is 1.12 bits per heavy atom. The van der Waals surface area contributed by atoms with Gasteiger partial charge >= 0.3 is 17.9 Å². The maximum Gasteiger partial charge on any atom is 0.345 e. The molecule has 0 spiro atoms. The summed E-state index contributed by atoms with van der Waals surface area (Å²) in [6.07, 6.45) is -3.46. The first kappa shape index (κ1) is 15.2. The summed E-state index contributed by atoms with van der Waals surface area (Å²) in [5.41, 5.74) is -0.730. The molecule has 0 heterocycles. The van der Waals surface area contributed by atoms with Gasteiger partial charge in [-0.25, -0.2) is 4.79 Å². The summed E-state index contributed by atoms with van der Waals surface area (Å²) in [7, 11) is -0.746. The molecule has 0 radical (unpaired) electrons. The Morgan fingerprint density at radius 2 is 1.71 bits per heavy atom. The van der Waals surface area contributed by atoms with Crippen LogP contribution < -0.4 is 0 Å². The molecule has 9 heteroatoms. The van der Waals surface area contributed by atoms with Crippen molar-refractivity contribution in [3.8, 4) is 0 Å². The SMILES string of the molecule is O=PC(=O)CCC(=O)O[C@@H](CC(=O)O)C(=O)O. The Kier molecular flexibility index (Phi) is 6.65. The van der Waals surface area contributed by atoms with Crippen molar-refractivity contribution in [3.63, 3.8) is 0 Å². The summed E-state index contributed by atoms with van der Waals surface area (Å²) in [6.45, 7) is 0. The van der Waals surface area contributed by atoms with Gasteiger partial charge in [-0.3, -0.25) is 18.9 Å². The number of aliphatic carboxylic acids is 2. The lowest BCUT2D eigenvalue weighted by molar-refractivity contribution is -0.167.